The van der Waals surface area contributed by atoms with E-state index in [0.29, 0.717) is 0 Å². The monoisotopic (exact) mass is 506 g/mol. The zero-order valence-electron chi connectivity index (χ0n) is 16.6. The van der Waals surface area contributed by atoms with Gasteiger partial charge in [-0.15, -0.1) is 22.9 Å². The Kier molecular flexibility index (Phi) is 7.02. The molecule has 13 nitrogen and oxygen atoms in total. The number of nitrogens with one attached hydrogen (secondary N) is 1. The van der Waals surface area contributed by atoms with E-state index in [0.717, 1.165) is 16.3 Å². The molecule has 2 aliphatic heterocycles. The van der Waals surface area contributed by atoms with Gasteiger partial charge in [0.05, 0.1) is 23.1 Å². The number of anilines is 1. The quantitative estimate of drug-likeness (QED) is 0.162. The molecule has 0 saturated carbocycles. The molecule has 0 aromatic carbocycles. The van der Waals surface area contributed by atoms with Gasteiger partial charge in [0.25, 0.3) is 11.8 Å². The van der Waals surface area contributed by atoms with E-state index in [4.69, 9.17) is 22.2 Å². The van der Waals surface area contributed by atoms with Crippen molar-refractivity contribution in [2.24, 2.45) is 5.16 Å². The number of aliphatic carboxylic acids is 1. The van der Waals surface area contributed by atoms with Crippen molar-refractivity contribution in [3.8, 4) is 0 Å². The molecule has 4 N–H and O–H groups in total. The summed E-state index contributed by atoms with van der Waals surface area (Å²) < 4.78 is 24.6. The number of carboxylic acids is 1. The number of halogens is 1. The second-order valence-electron chi connectivity index (χ2n) is 6.54. The molecule has 1 aromatic heterocycles. The molecule has 0 aliphatic carbocycles. The van der Waals surface area contributed by atoms with E-state index in [9.17, 15) is 27.9 Å². The van der Waals surface area contributed by atoms with Crippen molar-refractivity contribution in [3.05, 3.63) is 21.7 Å². The topological polar surface area (TPSA) is 185 Å². The predicted molar refractivity (Wildman–Crippen MR) is 114 cm³/mol. The predicted octanol–water partition coefficient (Wildman–Crippen LogP) is -1.03. The summed E-state index contributed by atoms with van der Waals surface area (Å²) in [5.41, 5.74) is 4.83. The molecule has 1 atom stereocenters. The molecule has 1 aromatic rings. The second-order valence-corrected chi connectivity index (χ2v) is 10.1. The third kappa shape index (κ3) is 4.55. The molecule has 0 radical (unpaired) electrons. The number of hydrogen-bond acceptors (Lipinski definition) is 11. The molecular weight excluding hydrogens is 488 g/mol. The summed E-state index contributed by atoms with van der Waals surface area (Å²) in [5, 5.41) is 19.4. The first-order valence-corrected chi connectivity index (χ1v) is 12.2. The maximum Gasteiger partial charge on any atom is 0.355 e. The van der Waals surface area contributed by atoms with E-state index in [1.165, 1.54) is 17.3 Å². The minimum absolute atomic E-state index is 0.0172. The SMILES string of the molecule is CCS(=O)(=O)C1=C(C(=O)O)N2C(=O)[C@@H](NC(=O)/C(=N\OCCCl)c3csc(N)n3)CN2C1. The Balaban J connectivity index is 1.84. The first kappa shape index (κ1) is 23.9. The number of carboxylic acid groups (broad SMARTS) is 1. The lowest BCUT2D eigenvalue weighted by molar-refractivity contribution is -0.143. The van der Waals surface area contributed by atoms with Gasteiger partial charge in [-0.1, -0.05) is 12.1 Å². The van der Waals surface area contributed by atoms with Crippen molar-refractivity contribution in [1.82, 2.24) is 20.3 Å². The number of carbonyl (C=O) groups is 3. The molecule has 1 saturated heterocycles. The summed E-state index contributed by atoms with van der Waals surface area (Å²) in [5.74, 6) is -3.36. The third-order valence-electron chi connectivity index (χ3n) is 4.55. The molecule has 16 heteroatoms. The second kappa shape index (κ2) is 9.40. The van der Waals surface area contributed by atoms with Gasteiger partial charge in [-0.2, -0.15) is 0 Å². The molecule has 1 fully saturated rings. The fraction of sp³-hybridized carbons (Fsp3) is 0.438. The van der Waals surface area contributed by atoms with Crippen LogP contribution >= 0.6 is 22.9 Å². The number of aromatic nitrogens is 1. The highest BCUT2D eigenvalue weighted by molar-refractivity contribution is 7.95. The number of nitrogens with two attached hydrogens (primary N) is 1. The van der Waals surface area contributed by atoms with Crippen molar-refractivity contribution in [1.29, 1.82) is 0 Å². The Labute approximate surface area is 191 Å². The summed E-state index contributed by atoms with van der Waals surface area (Å²) in [7, 11) is -3.85. The van der Waals surface area contributed by atoms with E-state index < -0.39 is 39.4 Å². The number of sulfone groups is 1. The first-order chi connectivity index (χ1) is 15.1. The summed E-state index contributed by atoms with van der Waals surface area (Å²) in [6.45, 7) is 0.963. The summed E-state index contributed by atoms with van der Waals surface area (Å²) >= 11 is 6.61. The Morgan fingerprint density at radius 2 is 2.22 bits per heavy atom. The van der Waals surface area contributed by atoms with Crippen LogP contribution in [0.25, 0.3) is 0 Å². The van der Waals surface area contributed by atoms with Gasteiger partial charge in [-0.25, -0.2) is 28.2 Å². The lowest BCUT2D eigenvalue weighted by Gasteiger charge is -2.18. The number of nitrogen functional groups attached to an aromatic ring is 1. The van der Waals surface area contributed by atoms with E-state index in [1.54, 1.807) is 0 Å². The number of hydrogen-bond donors (Lipinski definition) is 3. The molecule has 3 rings (SSSR count). The van der Waals surface area contributed by atoms with Gasteiger partial charge >= 0.3 is 5.97 Å². The number of fused-ring (bicyclic) bond motifs is 1. The fourth-order valence-corrected chi connectivity index (χ4v) is 4.89. The number of oxime groups is 1. The molecule has 174 valence electrons. The van der Waals surface area contributed by atoms with Crippen LogP contribution in [-0.4, -0.2) is 89.4 Å². The maximum atomic E-state index is 12.9. The Hall–Kier alpha value is -2.75. The van der Waals surface area contributed by atoms with Crippen LogP contribution < -0.4 is 11.1 Å². The van der Waals surface area contributed by atoms with Crippen molar-refractivity contribution in [2.75, 3.05) is 37.1 Å². The zero-order valence-corrected chi connectivity index (χ0v) is 19.0. The van der Waals surface area contributed by atoms with Crippen LogP contribution in [0, 0.1) is 0 Å². The highest BCUT2D eigenvalue weighted by Gasteiger charge is 2.50. The first-order valence-electron chi connectivity index (χ1n) is 9.16. The lowest BCUT2D eigenvalue weighted by atomic mass is 10.2. The van der Waals surface area contributed by atoms with E-state index >= 15 is 0 Å². The minimum Gasteiger partial charge on any atom is -0.476 e. The highest BCUT2D eigenvalue weighted by atomic mass is 35.5. The summed E-state index contributed by atoms with van der Waals surface area (Å²) in [4.78, 5) is 46.0. The number of carbonyl (C=O) groups excluding carboxylic acids is 2. The average molecular weight is 507 g/mol. The van der Waals surface area contributed by atoms with Crippen molar-refractivity contribution < 1.29 is 32.7 Å². The molecule has 0 spiro atoms. The number of amides is 2. The number of hydrazine groups is 1. The molecule has 0 unspecified atom stereocenters. The van der Waals surface area contributed by atoms with Crippen LogP contribution in [0.3, 0.4) is 0 Å². The normalized spacial score (nSPS) is 19.4. The zero-order chi connectivity index (χ0) is 23.6. The number of nitrogens with zero attached hydrogens (tertiary/aromatic N) is 4. The largest absolute Gasteiger partial charge is 0.476 e. The van der Waals surface area contributed by atoms with E-state index in [-0.39, 0.29) is 52.8 Å². The van der Waals surface area contributed by atoms with Gasteiger partial charge in [0.1, 0.15) is 18.3 Å². The van der Waals surface area contributed by atoms with Crippen LogP contribution in [0.5, 0.6) is 0 Å². The van der Waals surface area contributed by atoms with Crippen LogP contribution in [0.2, 0.25) is 0 Å². The fourth-order valence-electron chi connectivity index (χ4n) is 3.11. The number of alkyl halides is 1. The van der Waals surface area contributed by atoms with Crippen LogP contribution in [0.15, 0.2) is 21.1 Å². The minimum atomic E-state index is -3.85. The summed E-state index contributed by atoms with van der Waals surface area (Å²) in [6, 6.07) is -1.16. The van der Waals surface area contributed by atoms with E-state index in [2.05, 4.69) is 15.5 Å². The third-order valence-corrected chi connectivity index (χ3v) is 7.21. The van der Waals surface area contributed by atoms with Gasteiger partial charge in [0.15, 0.2) is 26.4 Å². The smallest absolute Gasteiger partial charge is 0.355 e. The average Bonchev–Trinajstić information content (AvgIpc) is 3.41. The van der Waals surface area contributed by atoms with Gasteiger partial charge in [-0.05, 0) is 0 Å². The highest BCUT2D eigenvalue weighted by Crippen LogP contribution is 2.32. The molecule has 32 heavy (non-hydrogen) atoms. The van der Waals surface area contributed by atoms with Gasteiger partial charge in [-0.3, -0.25) is 9.59 Å². The lowest BCUT2D eigenvalue weighted by Crippen LogP contribution is -2.46. The maximum absolute atomic E-state index is 12.9. The number of rotatable bonds is 9. The van der Waals surface area contributed by atoms with Gasteiger partial charge in [0, 0.05) is 11.9 Å². The Morgan fingerprint density at radius 1 is 1.50 bits per heavy atom. The van der Waals surface area contributed by atoms with Crippen LogP contribution in [0.1, 0.15) is 12.6 Å². The number of thiazole rings is 1. The summed E-state index contributed by atoms with van der Waals surface area (Å²) in [6.07, 6.45) is 0. The molecule has 2 amide bonds. The molecular formula is C16H19ClN6O7S2. The molecule has 2 aliphatic rings. The van der Waals surface area contributed by atoms with Gasteiger partial charge < -0.3 is 21.0 Å². The van der Waals surface area contributed by atoms with Gasteiger partial charge in [0.2, 0.25) is 0 Å². The van der Waals surface area contributed by atoms with E-state index in [1.807, 2.05) is 0 Å². The Bertz CT molecular complexity index is 1120. The molecule has 0 bridgehead atoms. The van der Waals surface area contributed by atoms with Crippen molar-refractivity contribution in [3.63, 3.8) is 0 Å². The van der Waals surface area contributed by atoms with Crippen molar-refractivity contribution >= 4 is 61.4 Å². The standard InChI is InChI=1S/C16H19ClN6O7S2/c1-2-32(28,29)10-6-22-5-8(14(25)23(22)12(10)15(26)27)19-13(24)11(21-30-4-3-17)9-7-31-16(18)20-9/h7-8H,2-6H2,1H3,(H2,18,20)(H,19,24)(H,26,27)/b21-11-/t8-/m0/s1. The van der Waals surface area contributed by atoms with Crippen molar-refractivity contribution in [2.45, 2.75) is 13.0 Å². The Morgan fingerprint density at radius 3 is 2.78 bits per heavy atom. The van der Waals surface area contributed by atoms with Crippen LogP contribution in [-0.2, 0) is 29.1 Å². The molecule has 3 heterocycles. The van der Waals surface area contributed by atoms with Crippen LogP contribution in [0.4, 0.5) is 5.13 Å².